The van der Waals surface area contributed by atoms with Gasteiger partial charge >= 0.3 is 0 Å². The van der Waals surface area contributed by atoms with E-state index >= 15 is 0 Å². The van der Waals surface area contributed by atoms with Crippen LogP contribution in [0.1, 0.15) is 20.8 Å². The summed E-state index contributed by atoms with van der Waals surface area (Å²) in [5, 5.41) is 2.73. The summed E-state index contributed by atoms with van der Waals surface area (Å²) in [6.07, 6.45) is 0. The largest absolute Gasteiger partial charge is 0.350 e. The maximum Gasteiger partial charge on any atom is 0.252 e. The number of nitrogens with zero attached hydrogens (tertiary/aromatic N) is 1. The summed E-state index contributed by atoms with van der Waals surface area (Å²) >= 11 is 4.34. The summed E-state index contributed by atoms with van der Waals surface area (Å²) in [6.45, 7) is 5.33. The number of likely N-dealkylation sites (N-methyl/N-ethyl adjacent to an activating group) is 1. The zero-order valence-corrected chi connectivity index (χ0v) is 14.4. The Morgan fingerprint density at radius 3 is 2.42 bits per heavy atom. The second kappa shape index (κ2) is 5.90. The molecule has 1 aromatic heterocycles. The Morgan fingerprint density at radius 2 is 2.00 bits per heavy atom. The van der Waals surface area contributed by atoms with Crippen molar-refractivity contribution in [3.05, 3.63) is 15.9 Å². The monoisotopic (exact) mass is 368 g/mol. The Labute approximate surface area is 126 Å². The fraction of sp³-hybridized carbons (Fsp3) is 0.545. The van der Waals surface area contributed by atoms with Crippen LogP contribution < -0.4 is 5.32 Å². The van der Waals surface area contributed by atoms with Crippen LogP contribution in [0.15, 0.2) is 20.1 Å². The lowest BCUT2D eigenvalue weighted by atomic mass is 10.1. The molecule has 1 N–H and O–H groups in total. The van der Waals surface area contributed by atoms with Crippen LogP contribution in [0.3, 0.4) is 0 Å². The van der Waals surface area contributed by atoms with E-state index in [1.807, 2.05) is 20.8 Å². The highest BCUT2D eigenvalue weighted by Crippen LogP contribution is 2.27. The van der Waals surface area contributed by atoms with Crippen molar-refractivity contribution in [3.63, 3.8) is 0 Å². The van der Waals surface area contributed by atoms with Gasteiger partial charge in [-0.15, -0.1) is 11.3 Å². The number of sulfonamides is 1. The third kappa shape index (κ3) is 4.87. The number of halogens is 1. The topological polar surface area (TPSA) is 66.5 Å². The summed E-state index contributed by atoms with van der Waals surface area (Å²) in [7, 11) is -2.21. The molecule has 0 unspecified atom stereocenters. The van der Waals surface area contributed by atoms with E-state index in [1.165, 1.54) is 13.1 Å². The number of hydrogen-bond donors (Lipinski definition) is 1. The summed E-state index contributed by atoms with van der Waals surface area (Å²) in [6, 6.07) is 3.18. The SMILES string of the molecule is CN(CC(=O)NC(C)(C)C)S(=O)(=O)c1ccc(Br)s1. The molecule has 0 atom stereocenters. The first-order valence-corrected chi connectivity index (χ1v) is 8.60. The molecule has 1 aromatic rings. The standard InChI is InChI=1S/C11H17BrN2O3S2/c1-11(2,3)13-9(15)7-14(4)19(16,17)10-6-5-8(12)18-10/h5-6H,7H2,1-4H3,(H,13,15). The van der Waals surface area contributed by atoms with Crippen molar-refractivity contribution in [2.24, 2.45) is 0 Å². The number of thiophene rings is 1. The van der Waals surface area contributed by atoms with Gasteiger partial charge in [-0.1, -0.05) is 0 Å². The number of amides is 1. The quantitative estimate of drug-likeness (QED) is 0.883. The highest BCUT2D eigenvalue weighted by molar-refractivity contribution is 9.11. The van der Waals surface area contributed by atoms with Gasteiger partial charge in [0.05, 0.1) is 10.3 Å². The van der Waals surface area contributed by atoms with Crippen molar-refractivity contribution >= 4 is 43.2 Å². The molecular formula is C11H17BrN2O3S2. The first kappa shape index (κ1) is 16.6. The Bertz CT molecular complexity index is 561. The van der Waals surface area contributed by atoms with Crippen molar-refractivity contribution in [3.8, 4) is 0 Å². The maximum atomic E-state index is 12.2. The smallest absolute Gasteiger partial charge is 0.252 e. The van der Waals surface area contributed by atoms with Crippen LogP contribution in [0.25, 0.3) is 0 Å². The molecule has 0 saturated carbocycles. The molecule has 0 radical (unpaired) electrons. The minimum Gasteiger partial charge on any atom is -0.350 e. The lowest BCUT2D eigenvalue weighted by Crippen LogP contribution is -2.46. The maximum absolute atomic E-state index is 12.2. The fourth-order valence-corrected chi connectivity index (χ4v) is 4.68. The summed E-state index contributed by atoms with van der Waals surface area (Å²) in [5.74, 6) is -0.325. The zero-order chi connectivity index (χ0) is 14.8. The lowest BCUT2D eigenvalue weighted by Gasteiger charge is -2.22. The average Bonchev–Trinajstić information content (AvgIpc) is 2.62. The normalized spacial score (nSPS) is 12.7. The summed E-state index contributed by atoms with van der Waals surface area (Å²) < 4.78 is 26.4. The molecule has 0 aliphatic carbocycles. The molecule has 8 heteroatoms. The van der Waals surface area contributed by atoms with Gasteiger partial charge in [0.15, 0.2) is 0 Å². The van der Waals surface area contributed by atoms with Crippen LogP contribution in [0.4, 0.5) is 0 Å². The fourth-order valence-electron chi connectivity index (χ4n) is 1.33. The molecule has 0 saturated heterocycles. The number of rotatable bonds is 4. The van der Waals surface area contributed by atoms with E-state index in [4.69, 9.17) is 0 Å². The van der Waals surface area contributed by atoms with Crippen LogP contribution in [-0.4, -0.2) is 37.8 Å². The van der Waals surface area contributed by atoms with Gasteiger partial charge in [-0.05, 0) is 48.8 Å². The van der Waals surface area contributed by atoms with E-state index in [9.17, 15) is 13.2 Å². The summed E-state index contributed by atoms with van der Waals surface area (Å²) in [5.41, 5.74) is -0.381. The molecule has 1 amide bonds. The number of carbonyl (C=O) groups is 1. The van der Waals surface area contributed by atoms with E-state index in [1.54, 1.807) is 6.07 Å². The first-order valence-electron chi connectivity index (χ1n) is 5.55. The molecule has 0 aliphatic heterocycles. The van der Waals surface area contributed by atoms with Crippen LogP contribution in [0, 0.1) is 0 Å². The van der Waals surface area contributed by atoms with Crippen LogP contribution >= 0.6 is 27.3 Å². The molecule has 0 fully saturated rings. The van der Waals surface area contributed by atoms with Crippen LogP contribution in [0.5, 0.6) is 0 Å². The number of carbonyl (C=O) groups excluding carboxylic acids is 1. The third-order valence-corrected chi connectivity index (χ3v) is 5.99. The molecule has 1 heterocycles. The van der Waals surface area contributed by atoms with E-state index in [0.29, 0.717) is 0 Å². The number of hydrogen-bond acceptors (Lipinski definition) is 4. The molecule has 0 bridgehead atoms. The molecule has 5 nitrogen and oxygen atoms in total. The molecule has 0 aromatic carbocycles. The van der Waals surface area contributed by atoms with E-state index in [2.05, 4.69) is 21.2 Å². The van der Waals surface area contributed by atoms with Crippen molar-refractivity contribution in [1.82, 2.24) is 9.62 Å². The van der Waals surface area contributed by atoms with Gasteiger partial charge in [-0.3, -0.25) is 4.79 Å². The highest BCUT2D eigenvalue weighted by Gasteiger charge is 2.25. The van der Waals surface area contributed by atoms with Gasteiger partial charge in [-0.25, -0.2) is 8.42 Å². The third-order valence-electron chi connectivity index (χ3n) is 2.09. The van der Waals surface area contributed by atoms with Crippen molar-refractivity contribution in [2.75, 3.05) is 13.6 Å². The van der Waals surface area contributed by atoms with Crippen molar-refractivity contribution in [2.45, 2.75) is 30.5 Å². The Hall–Kier alpha value is -0.440. The van der Waals surface area contributed by atoms with Gasteiger partial charge in [0, 0.05) is 12.6 Å². The van der Waals surface area contributed by atoms with E-state index < -0.39 is 10.0 Å². The van der Waals surface area contributed by atoms with Crippen LogP contribution in [0.2, 0.25) is 0 Å². The second-order valence-electron chi connectivity index (χ2n) is 5.12. The van der Waals surface area contributed by atoms with Gasteiger partial charge < -0.3 is 5.32 Å². The second-order valence-corrected chi connectivity index (χ2v) is 9.85. The average molecular weight is 369 g/mol. The molecule has 19 heavy (non-hydrogen) atoms. The van der Waals surface area contributed by atoms with Crippen molar-refractivity contribution in [1.29, 1.82) is 0 Å². The molecule has 0 spiro atoms. The van der Waals surface area contributed by atoms with Gasteiger partial charge in [-0.2, -0.15) is 4.31 Å². The predicted molar refractivity (Wildman–Crippen MR) is 79.7 cm³/mol. The van der Waals surface area contributed by atoms with E-state index in [0.717, 1.165) is 19.4 Å². The van der Waals surface area contributed by atoms with Gasteiger partial charge in [0.2, 0.25) is 5.91 Å². The summed E-state index contributed by atoms with van der Waals surface area (Å²) in [4.78, 5) is 11.7. The molecular weight excluding hydrogens is 352 g/mol. The Balaban J connectivity index is 2.78. The minimum absolute atomic E-state index is 0.199. The van der Waals surface area contributed by atoms with E-state index in [-0.39, 0.29) is 22.2 Å². The lowest BCUT2D eigenvalue weighted by molar-refractivity contribution is -0.122. The van der Waals surface area contributed by atoms with Crippen LogP contribution in [-0.2, 0) is 14.8 Å². The molecule has 1 rings (SSSR count). The first-order chi connectivity index (χ1) is 8.52. The zero-order valence-electron chi connectivity index (χ0n) is 11.2. The van der Waals surface area contributed by atoms with Gasteiger partial charge in [0.25, 0.3) is 10.0 Å². The predicted octanol–water partition coefficient (Wildman–Crippen LogP) is 2.05. The van der Waals surface area contributed by atoms with Gasteiger partial charge in [0.1, 0.15) is 4.21 Å². The Kier molecular flexibility index (Phi) is 5.16. The van der Waals surface area contributed by atoms with Crippen molar-refractivity contribution < 1.29 is 13.2 Å². The highest BCUT2D eigenvalue weighted by atomic mass is 79.9. The minimum atomic E-state index is -3.61. The molecule has 0 aliphatic rings. The Morgan fingerprint density at radius 1 is 1.42 bits per heavy atom. The number of nitrogens with one attached hydrogen (secondary N) is 1. The molecule has 108 valence electrons.